The van der Waals surface area contributed by atoms with Gasteiger partial charge in [0.2, 0.25) is 0 Å². The third kappa shape index (κ3) is 4.34. The Morgan fingerprint density at radius 2 is 1.75 bits per heavy atom. The molecule has 0 radical (unpaired) electrons. The third-order valence-corrected chi connectivity index (χ3v) is 4.94. The van der Waals surface area contributed by atoms with Crippen molar-refractivity contribution in [3.8, 4) is 0 Å². The Labute approximate surface area is 160 Å². The number of fused-ring (bicyclic) bond motifs is 1. The van der Waals surface area contributed by atoms with E-state index in [0.29, 0.717) is 5.02 Å². The predicted molar refractivity (Wildman–Crippen MR) is 108 cm³/mol. The summed E-state index contributed by atoms with van der Waals surface area (Å²) in [6.45, 7) is 0.995. The van der Waals surface area contributed by atoms with Crippen LogP contribution in [0.1, 0.15) is 23.1 Å². The van der Waals surface area contributed by atoms with E-state index in [1.54, 1.807) is 0 Å². The van der Waals surface area contributed by atoms with Crippen LogP contribution in [0.3, 0.4) is 0 Å². The van der Waals surface area contributed by atoms with E-state index >= 15 is 0 Å². The first-order valence-electron chi connectivity index (χ1n) is 7.92. The van der Waals surface area contributed by atoms with Gasteiger partial charge in [-0.15, -0.1) is 12.4 Å². The number of rotatable bonds is 4. The van der Waals surface area contributed by atoms with Gasteiger partial charge in [-0.25, -0.2) is 0 Å². The van der Waals surface area contributed by atoms with Crippen molar-refractivity contribution in [2.75, 3.05) is 20.6 Å². The number of benzene rings is 2. The van der Waals surface area contributed by atoms with Gasteiger partial charge in [-0.1, -0.05) is 59.1 Å². The fourth-order valence-corrected chi connectivity index (χ4v) is 3.77. The van der Waals surface area contributed by atoms with E-state index in [4.69, 9.17) is 23.2 Å². The minimum atomic E-state index is 0. The maximum Gasteiger partial charge on any atom is 0.0456 e. The van der Waals surface area contributed by atoms with Crippen molar-refractivity contribution < 1.29 is 0 Å². The number of hydrogen-bond donors (Lipinski definition) is 0. The van der Waals surface area contributed by atoms with Crippen molar-refractivity contribution in [2.24, 2.45) is 0 Å². The highest BCUT2D eigenvalue weighted by atomic mass is 35.5. The van der Waals surface area contributed by atoms with Crippen molar-refractivity contribution in [3.05, 3.63) is 74.8 Å². The molecule has 1 aliphatic rings. The normalized spacial score (nSPS) is 13.7. The van der Waals surface area contributed by atoms with Crippen LogP contribution in [0.2, 0.25) is 10.0 Å². The quantitative estimate of drug-likeness (QED) is 0.634. The molecule has 0 bridgehead atoms. The molecular weight excluding hydrogens is 361 g/mol. The molecular formula is C20H22Cl3N. The summed E-state index contributed by atoms with van der Waals surface area (Å²) in [5, 5.41) is 1.43. The van der Waals surface area contributed by atoms with Crippen LogP contribution in [-0.2, 0) is 12.8 Å². The van der Waals surface area contributed by atoms with Crippen LogP contribution >= 0.6 is 35.6 Å². The monoisotopic (exact) mass is 381 g/mol. The molecule has 0 N–H and O–H groups in total. The molecule has 0 unspecified atom stereocenters. The first-order valence-corrected chi connectivity index (χ1v) is 8.68. The van der Waals surface area contributed by atoms with Gasteiger partial charge < -0.3 is 4.90 Å². The molecule has 2 aromatic rings. The Kier molecular flexibility index (Phi) is 6.77. The van der Waals surface area contributed by atoms with Gasteiger partial charge in [0.25, 0.3) is 0 Å². The zero-order valence-corrected chi connectivity index (χ0v) is 16.3. The molecule has 1 aliphatic carbocycles. The zero-order valence-electron chi connectivity index (χ0n) is 14.0. The lowest BCUT2D eigenvalue weighted by atomic mass is 9.82. The van der Waals surface area contributed by atoms with E-state index in [1.165, 1.54) is 22.3 Å². The predicted octanol–water partition coefficient (Wildman–Crippen LogP) is 5.92. The molecule has 24 heavy (non-hydrogen) atoms. The molecule has 3 rings (SSSR count). The standard InChI is InChI=1S/C20H21Cl2N.ClH/c1-23(2)13-16-8-7-14-5-3-4-6-18(14)19(16)11-15-9-10-17(21)12-20(15)22;/h3-6,9-10,12H,7-8,11,13H2,1-2H3;1H. The first-order chi connectivity index (χ1) is 11.0. The minimum Gasteiger partial charge on any atom is -0.305 e. The van der Waals surface area contributed by atoms with Crippen LogP contribution in [0, 0.1) is 0 Å². The largest absolute Gasteiger partial charge is 0.305 e. The van der Waals surface area contributed by atoms with Crippen LogP contribution in [0.5, 0.6) is 0 Å². The van der Waals surface area contributed by atoms with E-state index in [1.807, 2.05) is 18.2 Å². The van der Waals surface area contributed by atoms with E-state index in [9.17, 15) is 0 Å². The summed E-state index contributed by atoms with van der Waals surface area (Å²) in [5.41, 5.74) is 6.89. The van der Waals surface area contributed by atoms with Gasteiger partial charge in [0.1, 0.15) is 0 Å². The van der Waals surface area contributed by atoms with Gasteiger partial charge in [0, 0.05) is 16.6 Å². The average molecular weight is 383 g/mol. The number of likely N-dealkylation sites (N-methyl/N-ethyl adjacent to an activating group) is 1. The summed E-state index contributed by atoms with van der Waals surface area (Å²) in [4.78, 5) is 2.24. The van der Waals surface area contributed by atoms with E-state index in [2.05, 4.69) is 43.3 Å². The molecule has 0 aliphatic heterocycles. The number of allylic oxidation sites excluding steroid dienone is 1. The summed E-state index contributed by atoms with van der Waals surface area (Å²) >= 11 is 12.4. The number of aryl methyl sites for hydroxylation is 1. The minimum absolute atomic E-state index is 0. The Bertz CT molecular complexity index is 750. The summed E-state index contributed by atoms with van der Waals surface area (Å²) in [6.07, 6.45) is 3.10. The lowest BCUT2D eigenvalue weighted by molar-refractivity contribution is 0.438. The molecule has 0 amide bonds. The Morgan fingerprint density at radius 1 is 1.00 bits per heavy atom. The van der Waals surface area contributed by atoms with Crippen molar-refractivity contribution in [1.82, 2.24) is 4.90 Å². The average Bonchev–Trinajstić information content (AvgIpc) is 2.51. The number of hydrogen-bond acceptors (Lipinski definition) is 1. The van der Waals surface area contributed by atoms with Gasteiger partial charge in [0.15, 0.2) is 0 Å². The molecule has 128 valence electrons. The second kappa shape index (κ2) is 8.40. The summed E-state index contributed by atoms with van der Waals surface area (Å²) < 4.78 is 0. The zero-order chi connectivity index (χ0) is 16.4. The molecule has 0 saturated heterocycles. The van der Waals surface area contributed by atoms with Crippen LogP contribution in [0.25, 0.3) is 5.57 Å². The third-order valence-electron chi connectivity index (χ3n) is 4.35. The first kappa shape index (κ1) is 19.3. The Balaban J connectivity index is 0.00000208. The molecule has 0 saturated carbocycles. The fraction of sp³-hybridized carbons (Fsp3) is 0.300. The summed E-state index contributed by atoms with van der Waals surface area (Å²) in [6, 6.07) is 14.5. The lowest BCUT2D eigenvalue weighted by Crippen LogP contribution is -2.19. The molecule has 4 heteroatoms. The SMILES string of the molecule is CN(C)CC1=C(Cc2ccc(Cl)cc2Cl)c2ccccc2CC1.Cl. The number of nitrogens with zero attached hydrogens (tertiary/aromatic N) is 1. The summed E-state index contributed by atoms with van der Waals surface area (Å²) in [5.74, 6) is 0. The molecule has 0 atom stereocenters. The molecule has 0 aromatic heterocycles. The highest BCUT2D eigenvalue weighted by Crippen LogP contribution is 2.35. The van der Waals surface area contributed by atoms with Crippen molar-refractivity contribution in [1.29, 1.82) is 0 Å². The molecule has 2 aromatic carbocycles. The van der Waals surface area contributed by atoms with Crippen LogP contribution in [-0.4, -0.2) is 25.5 Å². The molecule has 1 nitrogen and oxygen atoms in total. The van der Waals surface area contributed by atoms with E-state index < -0.39 is 0 Å². The van der Waals surface area contributed by atoms with Gasteiger partial charge >= 0.3 is 0 Å². The highest BCUT2D eigenvalue weighted by Gasteiger charge is 2.20. The van der Waals surface area contributed by atoms with E-state index in [0.717, 1.165) is 36.4 Å². The molecule has 0 heterocycles. The molecule has 0 spiro atoms. The van der Waals surface area contributed by atoms with Gasteiger partial charge in [0.05, 0.1) is 0 Å². The Hall–Kier alpha value is -0.990. The van der Waals surface area contributed by atoms with Crippen LogP contribution < -0.4 is 0 Å². The maximum atomic E-state index is 6.41. The van der Waals surface area contributed by atoms with Crippen molar-refractivity contribution >= 4 is 41.2 Å². The Morgan fingerprint density at radius 3 is 2.46 bits per heavy atom. The van der Waals surface area contributed by atoms with E-state index in [-0.39, 0.29) is 12.4 Å². The smallest absolute Gasteiger partial charge is 0.0456 e. The van der Waals surface area contributed by atoms with Crippen molar-refractivity contribution in [3.63, 3.8) is 0 Å². The molecule has 0 fully saturated rings. The topological polar surface area (TPSA) is 3.24 Å². The van der Waals surface area contributed by atoms with Crippen LogP contribution in [0.15, 0.2) is 48.0 Å². The lowest BCUT2D eigenvalue weighted by Gasteiger charge is -2.26. The van der Waals surface area contributed by atoms with Crippen molar-refractivity contribution in [2.45, 2.75) is 19.3 Å². The fourth-order valence-electron chi connectivity index (χ4n) is 3.29. The summed E-state index contributed by atoms with van der Waals surface area (Å²) in [7, 11) is 4.25. The van der Waals surface area contributed by atoms with Gasteiger partial charge in [-0.05, 0) is 67.8 Å². The number of halogens is 3. The van der Waals surface area contributed by atoms with Gasteiger partial charge in [-0.2, -0.15) is 0 Å². The maximum absolute atomic E-state index is 6.41. The highest BCUT2D eigenvalue weighted by molar-refractivity contribution is 6.35. The second-order valence-corrected chi connectivity index (χ2v) is 7.23. The van der Waals surface area contributed by atoms with Crippen LogP contribution in [0.4, 0.5) is 0 Å². The van der Waals surface area contributed by atoms with Gasteiger partial charge in [-0.3, -0.25) is 0 Å². The second-order valence-electron chi connectivity index (χ2n) is 6.39.